The van der Waals surface area contributed by atoms with Gasteiger partial charge in [-0.3, -0.25) is 9.36 Å². The Kier molecular flexibility index (Phi) is 5.99. The second-order valence-corrected chi connectivity index (χ2v) is 7.65. The van der Waals surface area contributed by atoms with Crippen LogP contribution >= 0.6 is 11.8 Å². The lowest BCUT2D eigenvalue weighted by molar-refractivity contribution is 0.101. The molecule has 0 fully saturated rings. The largest absolute Gasteiger partial charge is 0.496 e. The third kappa shape index (κ3) is 4.31. The highest BCUT2D eigenvalue weighted by Gasteiger charge is 2.17. The predicted octanol–water partition coefficient (Wildman–Crippen LogP) is 5.09. The maximum atomic E-state index is 11.8. The first-order valence-corrected chi connectivity index (χ1v) is 10.5. The number of carbonyl (C=O) groups excluding carboxylic acids is 1. The van der Waals surface area contributed by atoms with Crippen molar-refractivity contribution in [2.75, 3.05) is 7.11 Å². The Morgan fingerprint density at radius 2 is 1.93 bits per heavy atom. The summed E-state index contributed by atoms with van der Waals surface area (Å²) in [6.45, 7) is 2.09. The van der Waals surface area contributed by atoms with Crippen molar-refractivity contribution in [2.45, 2.75) is 24.4 Å². The Morgan fingerprint density at radius 1 is 1.10 bits per heavy atom. The van der Waals surface area contributed by atoms with E-state index in [1.807, 2.05) is 59.2 Å². The fraction of sp³-hybridized carbons (Fsp3) is 0.174. The highest BCUT2D eigenvalue weighted by atomic mass is 32.2. The van der Waals surface area contributed by atoms with Crippen LogP contribution < -0.4 is 4.74 Å². The van der Waals surface area contributed by atoms with Gasteiger partial charge in [-0.05, 0) is 37.3 Å². The van der Waals surface area contributed by atoms with E-state index in [1.165, 1.54) is 0 Å². The number of methoxy groups -OCH3 is 1. The van der Waals surface area contributed by atoms with Crippen LogP contribution in [0.2, 0.25) is 0 Å². The highest BCUT2D eigenvalue weighted by Crippen LogP contribution is 2.31. The Balaban J connectivity index is 1.65. The van der Waals surface area contributed by atoms with Gasteiger partial charge in [0.15, 0.2) is 16.8 Å². The molecule has 30 heavy (non-hydrogen) atoms. The topological polar surface area (TPSA) is 70.2 Å². The quantitative estimate of drug-likeness (QED) is 0.293. The molecule has 7 heteroatoms. The van der Waals surface area contributed by atoms with E-state index in [0.717, 1.165) is 33.6 Å². The van der Waals surface area contributed by atoms with Gasteiger partial charge in [-0.25, -0.2) is 0 Å². The molecule has 2 aromatic heterocycles. The molecule has 0 aliphatic heterocycles. The van der Waals surface area contributed by atoms with Crippen molar-refractivity contribution in [3.63, 3.8) is 0 Å². The normalized spacial score (nSPS) is 10.9. The average molecular weight is 420 g/mol. The number of furan rings is 1. The summed E-state index contributed by atoms with van der Waals surface area (Å²) in [5.41, 5.74) is 2.58. The minimum absolute atomic E-state index is 0.0243. The molecule has 0 saturated heterocycles. The summed E-state index contributed by atoms with van der Waals surface area (Å²) >= 11 is 1.54. The van der Waals surface area contributed by atoms with Crippen molar-refractivity contribution in [1.82, 2.24) is 14.8 Å². The number of Topliss-reactive ketones (excluding diaryl/α,β-unsaturated/α-hetero) is 1. The predicted molar refractivity (Wildman–Crippen MR) is 116 cm³/mol. The molecule has 4 aromatic rings. The molecular formula is C23H21N3O3S. The van der Waals surface area contributed by atoms with Gasteiger partial charge in [0.1, 0.15) is 11.5 Å². The zero-order valence-electron chi connectivity index (χ0n) is 16.7. The van der Waals surface area contributed by atoms with Gasteiger partial charge in [-0.1, -0.05) is 42.1 Å². The highest BCUT2D eigenvalue weighted by molar-refractivity contribution is 7.98. The van der Waals surface area contributed by atoms with Gasteiger partial charge in [-0.15, -0.1) is 10.2 Å². The number of thioether (sulfide) groups is 1. The fourth-order valence-corrected chi connectivity index (χ4v) is 4.07. The van der Waals surface area contributed by atoms with E-state index in [0.29, 0.717) is 17.9 Å². The Bertz CT molecular complexity index is 1140. The van der Waals surface area contributed by atoms with Gasteiger partial charge in [-0.2, -0.15) is 0 Å². The van der Waals surface area contributed by atoms with Gasteiger partial charge in [0.2, 0.25) is 0 Å². The zero-order valence-corrected chi connectivity index (χ0v) is 17.6. The molecular weight excluding hydrogens is 398 g/mol. The molecule has 0 amide bonds. The molecule has 6 nitrogen and oxygen atoms in total. The van der Waals surface area contributed by atoms with Crippen LogP contribution in [0.5, 0.6) is 5.75 Å². The van der Waals surface area contributed by atoms with Crippen LogP contribution in [0.15, 0.2) is 76.5 Å². The number of ether oxygens (including phenoxy) is 1. The first-order valence-electron chi connectivity index (χ1n) is 9.47. The van der Waals surface area contributed by atoms with Gasteiger partial charge in [0.05, 0.1) is 19.9 Å². The van der Waals surface area contributed by atoms with Crippen LogP contribution in [-0.2, 0) is 12.3 Å². The van der Waals surface area contributed by atoms with E-state index in [9.17, 15) is 4.79 Å². The molecule has 2 aromatic carbocycles. The Labute approximate surface area is 178 Å². The van der Waals surface area contributed by atoms with Crippen molar-refractivity contribution < 1.29 is 13.9 Å². The van der Waals surface area contributed by atoms with Crippen LogP contribution in [0, 0.1) is 0 Å². The summed E-state index contributed by atoms with van der Waals surface area (Å²) in [6, 6.07) is 19.2. The first kappa shape index (κ1) is 20.0. The van der Waals surface area contributed by atoms with Crippen molar-refractivity contribution >= 4 is 17.5 Å². The third-order valence-corrected chi connectivity index (χ3v) is 5.70. The molecule has 0 unspecified atom stereocenters. The summed E-state index contributed by atoms with van der Waals surface area (Å²) in [5, 5.41) is 9.62. The third-order valence-electron chi connectivity index (χ3n) is 4.69. The molecule has 4 rings (SSSR count). The van der Waals surface area contributed by atoms with Crippen molar-refractivity contribution in [3.05, 3.63) is 83.8 Å². The van der Waals surface area contributed by atoms with E-state index < -0.39 is 0 Å². The van der Waals surface area contributed by atoms with Crippen LogP contribution in [0.3, 0.4) is 0 Å². The van der Waals surface area contributed by atoms with E-state index in [1.54, 1.807) is 38.1 Å². The maximum Gasteiger partial charge on any atom is 0.192 e. The number of rotatable bonds is 8. The van der Waals surface area contributed by atoms with E-state index >= 15 is 0 Å². The molecule has 0 aliphatic rings. The zero-order chi connectivity index (χ0) is 20.9. The fourth-order valence-electron chi connectivity index (χ4n) is 3.15. The lowest BCUT2D eigenvalue weighted by Crippen LogP contribution is -2.04. The molecule has 0 aliphatic carbocycles. The van der Waals surface area contributed by atoms with Crippen molar-refractivity contribution in [2.24, 2.45) is 0 Å². The van der Waals surface area contributed by atoms with E-state index in [4.69, 9.17) is 9.15 Å². The van der Waals surface area contributed by atoms with Gasteiger partial charge in [0, 0.05) is 22.4 Å². The molecule has 0 saturated carbocycles. The number of benzene rings is 2. The maximum absolute atomic E-state index is 11.8. The second-order valence-electron chi connectivity index (χ2n) is 6.71. The molecule has 0 radical (unpaired) electrons. The Morgan fingerprint density at radius 3 is 2.63 bits per heavy atom. The summed E-state index contributed by atoms with van der Waals surface area (Å²) in [6.07, 6.45) is 1.66. The number of aromatic nitrogens is 3. The minimum Gasteiger partial charge on any atom is -0.496 e. The molecule has 0 bridgehead atoms. The van der Waals surface area contributed by atoms with Gasteiger partial charge < -0.3 is 9.15 Å². The molecule has 0 spiro atoms. The lowest BCUT2D eigenvalue weighted by Gasteiger charge is -2.11. The van der Waals surface area contributed by atoms with Crippen molar-refractivity contribution in [1.29, 1.82) is 0 Å². The van der Waals surface area contributed by atoms with Crippen molar-refractivity contribution in [3.8, 4) is 17.1 Å². The standard InChI is InChI=1S/C23H21N3O3S/c1-16(27)18-10-11-21(28-2)19(13-18)15-30-23-25-24-22(17-7-4-3-5-8-17)26(23)14-20-9-6-12-29-20/h3-13H,14-15H2,1-2H3. The average Bonchev–Trinajstić information content (AvgIpc) is 3.43. The van der Waals surface area contributed by atoms with Gasteiger partial charge >= 0.3 is 0 Å². The SMILES string of the molecule is COc1ccc(C(C)=O)cc1CSc1nnc(-c2ccccc2)n1Cc1ccco1. The smallest absolute Gasteiger partial charge is 0.192 e. The van der Waals surface area contributed by atoms with Crippen LogP contribution in [0.25, 0.3) is 11.4 Å². The molecule has 2 heterocycles. The number of hydrogen-bond donors (Lipinski definition) is 0. The van der Waals surface area contributed by atoms with E-state index in [-0.39, 0.29) is 5.78 Å². The Hall–Kier alpha value is -3.32. The van der Waals surface area contributed by atoms with Crippen LogP contribution in [-0.4, -0.2) is 27.7 Å². The molecule has 0 atom stereocenters. The number of hydrogen-bond acceptors (Lipinski definition) is 6. The molecule has 152 valence electrons. The van der Waals surface area contributed by atoms with Gasteiger partial charge in [0.25, 0.3) is 0 Å². The van der Waals surface area contributed by atoms with E-state index in [2.05, 4.69) is 10.2 Å². The summed E-state index contributed by atoms with van der Waals surface area (Å²) in [7, 11) is 1.63. The number of carbonyl (C=O) groups is 1. The van der Waals surface area contributed by atoms with Crippen LogP contribution in [0.1, 0.15) is 28.6 Å². The first-order chi connectivity index (χ1) is 14.7. The monoisotopic (exact) mass is 419 g/mol. The summed E-state index contributed by atoms with van der Waals surface area (Å²) < 4.78 is 13.1. The summed E-state index contributed by atoms with van der Waals surface area (Å²) in [4.78, 5) is 11.8. The lowest BCUT2D eigenvalue weighted by atomic mass is 10.1. The molecule has 0 N–H and O–H groups in total. The van der Waals surface area contributed by atoms with Crippen LogP contribution in [0.4, 0.5) is 0 Å². The minimum atomic E-state index is 0.0243. The number of nitrogens with zero attached hydrogens (tertiary/aromatic N) is 3. The number of ketones is 1. The summed E-state index contributed by atoms with van der Waals surface area (Å²) in [5.74, 6) is 2.96. The second kappa shape index (κ2) is 9.00.